The molecule has 1 amide bonds. The van der Waals surface area contributed by atoms with Crippen LogP contribution >= 0.6 is 0 Å². The summed E-state index contributed by atoms with van der Waals surface area (Å²) in [5.41, 5.74) is 1.50. The number of hydrogen-bond acceptors (Lipinski definition) is 2. The molecule has 3 rings (SSSR count). The molecule has 1 N–H and O–H groups in total. The molecule has 1 aliphatic heterocycles. The highest BCUT2D eigenvalue weighted by atomic mass is 19.3. The van der Waals surface area contributed by atoms with Crippen molar-refractivity contribution in [2.45, 2.75) is 19.3 Å². The summed E-state index contributed by atoms with van der Waals surface area (Å²) in [6.07, 6.45) is -1.81. The standard InChI is InChI=1S/C20H19F2NO3/c21-18(22)13-9-11-23(12-10-13)19(24)16-7-3-1-5-14(16)15-6-2-4-8-17(15)20(25)26/h1-8,13,18H,9-12H2,(H,25,26). The number of nitrogens with zero attached hydrogens (tertiary/aromatic N) is 1. The summed E-state index contributed by atoms with van der Waals surface area (Å²) in [5, 5.41) is 9.42. The maximum absolute atomic E-state index is 12.9. The van der Waals surface area contributed by atoms with Gasteiger partial charge in [0.25, 0.3) is 5.91 Å². The van der Waals surface area contributed by atoms with Crippen LogP contribution in [0.1, 0.15) is 33.6 Å². The zero-order valence-corrected chi connectivity index (χ0v) is 14.1. The molecule has 26 heavy (non-hydrogen) atoms. The maximum Gasteiger partial charge on any atom is 0.336 e. The Bertz CT molecular complexity index is 814. The number of alkyl halides is 2. The Morgan fingerprint density at radius 1 is 0.923 bits per heavy atom. The number of carboxylic acid groups (broad SMARTS) is 1. The van der Waals surface area contributed by atoms with E-state index in [1.54, 1.807) is 47.4 Å². The number of amides is 1. The van der Waals surface area contributed by atoms with E-state index in [-0.39, 0.29) is 37.4 Å². The van der Waals surface area contributed by atoms with Crippen LogP contribution in [0.2, 0.25) is 0 Å². The van der Waals surface area contributed by atoms with E-state index in [4.69, 9.17) is 0 Å². The summed E-state index contributed by atoms with van der Waals surface area (Å²) in [4.78, 5) is 26.0. The van der Waals surface area contributed by atoms with Gasteiger partial charge in [0.15, 0.2) is 0 Å². The molecule has 0 bridgehead atoms. The minimum atomic E-state index is -2.36. The molecule has 0 unspecified atom stereocenters. The predicted molar refractivity (Wildman–Crippen MR) is 93.5 cm³/mol. The van der Waals surface area contributed by atoms with Gasteiger partial charge in [0.1, 0.15) is 0 Å². The van der Waals surface area contributed by atoms with Gasteiger partial charge < -0.3 is 10.0 Å². The van der Waals surface area contributed by atoms with Crippen LogP contribution in [0, 0.1) is 5.92 Å². The van der Waals surface area contributed by atoms with Crippen molar-refractivity contribution in [1.29, 1.82) is 0 Å². The van der Waals surface area contributed by atoms with E-state index < -0.39 is 18.3 Å². The third-order valence-electron chi connectivity index (χ3n) is 4.79. The van der Waals surface area contributed by atoms with Crippen LogP contribution in [0.25, 0.3) is 11.1 Å². The molecule has 1 saturated heterocycles. The third kappa shape index (κ3) is 3.59. The lowest BCUT2D eigenvalue weighted by Crippen LogP contribution is -2.40. The second-order valence-corrected chi connectivity index (χ2v) is 6.36. The zero-order valence-electron chi connectivity index (χ0n) is 14.1. The molecular weight excluding hydrogens is 340 g/mol. The number of halogens is 2. The van der Waals surface area contributed by atoms with Gasteiger partial charge in [0, 0.05) is 24.6 Å². The lowest BCUT2D eigenvalue weighted by atomic mass is 9.93. The lowest BCUT2D eigenvalue weighted by Gasteiger charge is -2.32. The lowest BCUT2D eigenvalue weighted by molar-refractivity contribution is 0.0311. The van der Waals surface area contributed by atoms with Crippen molar-refractivity contribution in [1.82, 2.24) is 4.90 Å². The van der Waals surface area contributed by atoms with Crippen molar-refractivity contribution in [3.05, 3.63) is 59.7 Å². The van der Waals surface area contributed by atoms with E-state index in [1.165, 1.54) is 6.07 Å². The highest BCUT2D eigenvalue weighted by molar-refractivity contribution is 6.04. The van der Waals surface area contributed by atoms with E-state index in [0.29, 0.717) is 16.7 Å². The molecule has 2 aromatic rings. The Kier molecular flexibility index (Phi) is 5.30. The molecule has 0 aromatic heterocycles. The molecule has 1 aliphatic rings. The van der Waals surface area contributed by atoms with Crippen LogP contribution in [0.15, 0.2) is 48.5 Å². The second-order valence-electron chi connectivity index (χ2n) is 6.36. The molecule has 0 atom stereocenters. The number of carboxylic acids is 1. The van der Waals surface area contributed by atoms with Gasteiger partial charge in [-0.25, -0.2) is 13.6 Å². The highest BCUT2D eigenvalue weighted by Gasteiger charge is 2.29. The Morgan fingerprint density at radius 3 is 1.96 bits per heavy atom. The first-order valence-electron chi connectivity index (χ1n) is 8.48. The average Bonchev–Trinajstić information content (AvgIpc) is 2.67. The molecule has 1 heterocycles. The molecule has 6 heteroatoms. The molecule has 0 saturated carbocycles. The van der Waals surface area contributed by atoms with Gasteiger partial charge in [0.05, 0.1) is 5.56 Å². The molecule has 0 radical (unpaired) electrons. The quantitative estimate of drug-likeness (QED) is 0.891. The normalized spacial score (nSPS) is 15.3. The topological polar surface area (TPSA) is 57.6 Å². The molecule has 4 nitrogen and oxygen atoms in total. The Balaban J connectivity index is 1.91. The number of hydrogen-bond donors (Lipinski definition) is 1. The van der Waals surface area contributed by atoms with Gasteiger partial charge in [-0.2, -0.15) is 0 Å². The number of benzene rings is 2. The molecule has 1 fully saturated rings. The van der Waals surface area contributed by atoms with Crippen LogP contribution in [0.3, 0.4) is 0 Å². The molecule has 0 aliphatic carbocycles. The van der Waals surface area contributed by atoms with Crippen molar-refractivity contribution in [2.24, 2.45) is 5.92 Å². The SMILES string of the molecule is O=C(O)c1ccccc1-c1ccccc1C(=O)N1CCC(C(F)F)CC1. The average molecular weight is 359 g/mol. The van der Waals surface area contributed by atoms with Crippen LogP contribution in [0.5, 0.6) is 0 Å². The van der Waals surface area contributed by atoms with E-state index in [2.05, 4.69) is 0 Å². The van der Waals surface area contributed by atoms with Gasteiger partial charge in [-0.15, -0.1) is 0 Å². The fourth-order valence-electron chi connectivity index (χ4n) is 3.33. The summed E-state index contributed by atoms with van der Waals surface area (Å²) in [5.74, 6) is -1.99. The van der Waals surface area contributed by atoms with Gasteiger partial charge in [-0.1, -0.05) is 36.4 Å². The van der Waals surface area contributed by atoms with E-state index in [1.807, 2.05) is 0 Å². The minimum Gasteiger partial charge on any atom is -0.478 e. The van der Waals surface area contributed by atoms with E-state index in [0.717, 1.165) is 0 Å². The number of piperidine rings is 1. The fraction of sp³-hybridized carbons (Fsp3) is 0.300. The Labute approximate surface area is 150 Å². The monoisotopic (exact) mass is 359 g/mol. The molecule has 0 spiro atoms. The van der Waals surface area contributed by atoms with Crippen molar-refractivity contribution in [3.8, 4) is 11.1 Å². The van der Waals surface area contributed by atoms with Gasteiger partial charge in [0.2, 0.25) is 6.43 Å². The summed E-state index contributed by atoms with van der Waals surface area (Å²) in [6.45, 7) is 0.561. The van der Waals surface area contributed by atoms with Crippen molar-refractivity contribution in [3.63, 3.8) is 0 Å². The summed E-state index contributed by atoms with van der Waals surface area (Å²) in [6, 6.07) is 13.3. The summed E-state index contributed by atoms with van der Waals surface area (Å²) < 4.78 is 25.6. The maximum atomic E-state index is 12.9. The van der Waals surface area contributed by atoms with Crippen LogP contribution in [-0.2, 0) is 0 Å². The number of likely N-dealkylation sites (tertiary alicyclic amines) is 1. The smallest absolute Gasteiger partial charge is 0.336 e. The zero-order chi connectivity index (χ0) is 18.7. The molecule has 2 aromatic carbocycles. The van der Waals surface area contributed by atoms with Gasteiger partial charge in [-0.05, 0) is 36.1 Å². The molecule has 136 valence electrons. The first-order valence-corrected chi connectivity index (χ1v) is 8.48. The number of rotatable bonds is 4. The first kappa shape index (κ1) is 18.0. The number of carbonyl (C=O) groups excluding carboxylic acids is 1. The van der Waals surface area contributed by atoms with E-state index >= 15 is 0 Å². The second kappa shape index (κ2) is 7.64. The van der Waals surface area contributed by atoms with E-state index in [9.17, 15) is 23.5 Å². The van der Waals surface area contributed by atoms with Crippen molar-refractivity contribution >= 4 is 11.9 Å². The fourth-order valence-corrected chi connectivity index (χ4v) is 3.33. The summed E-state index contributed by atoms with van der Waals surface area (Å²) in [7, 11) is 0. The third-order valence-corrected chi connectivity index (χ3v) is 4.79. The van der Waals surface area contributed by atoms with Crippen LogP contribution < -0.4 is 0 Å². The van der Waals surface area contributed by atoms with Crippen molar-refractivity contribution < 1.29 is 23.5 Å². The summed E-state index contributed by atoms with van der Waals surface area (Å²) >= 11 is 0. The largest absolute Gasteiger partial charge is 0.478 e. The van der Waals surface area contributed by atoms with Gasteiger partial charge >= 0.3 is 5.97 Å². The van der Waals surface area contributed by atoms with Crippen molar-refractivity contribution in [2.75, 3.05) is 13.1 Å². The number of carbonyl (C=O) groups is 2. The first-order chi connectivity index (χ1) is 12.5. The van der Waals surface area contributed by atoms with Gasteiger partial charge in [-0.3, -0.25) is 4.79 Å². The van der Waals surface area contributed by atoms with Crippen LogP contribution in [-0.4, -0.2) is 41.4 Å². The van der Waals surface area contributed by atoms with Crippen LogP contribution in [0.4, 0.5) is 8.78 Å². The predicted octanol–water partition coefficient (Wildman–Crippen LogP) is 4.17. The minimum absolute atomic E-state index is 0.115. The Morgan fingerprint density at radius 2 is 1.42 bits per heavy atom. The number of aromatic carboxylic acids is 1. The highest BCUT2D eigenvalue weighted by Crippen LogP contribution is 2.30. The Hall–Kier alpha value is -2.76. The molecular formula is C20H19F2NO3.